The van der Waals surface area contributed by atoms with E-state index in [1.807, 2.05) is 41.8 Å². The number of para-hydroxylation sites is 3. The normalized spacial score (nSPS) is 10.5. The van der Waals surface area contributed by atoms with Crippen molar-refractivity contribution in [1.82, 2.24) is 0 Å². The summed E-state index contributed by atoms with van der Waals surface area (Å²) in [5, 5.41) is 18.5. The molecule has 0 aliphatic rings. The van der Waals surface area contributed by atoms with E-state index in [-0.39, 0.29) is 11.5 Å². The molecule has 0 atom stereocenters. The van der Waals surface area contributed by atoms with Crippen LogP contribution < -0.4 is 15.2 Å². The minimum Gasteiger partial charge on any atom is -0.376 e. The smallest absolute Gasteiger partial charge is 0.339 e. The topological polar surface area (TPSA) is 88.2 Å². The summed E-state index contributed by atoms with van der Waals surface area (Å²) in [5.41, 5.74) is 2.33. The van der Waals surface area contributed by atoms with Gasteiger partial charge in [-0.2, -0.15) is 0 Å². The zero-order valence-electron chi connectivity index (χ0n) is 15.6. The predicted octanol–water partition coefficient (Wildman–Crippen LogP) is 4.31. The Bertz CT molecular complexity index is 1000. The minimum atomic E-state index is -0.401. The number of hydrogen-bond acceptors (Lipinski definition) is 6. The monoisotopic (exact) mass is 397 g/mol. The molecule has 0 radical (unpaired) electrons. The van der Waals surface area contributed by atoms with Crippen molar-refractivity contribution in [2.24, 2.45) is 0 Å². The molecule has 2 N–H and O–H groups in total. The minimum absolute atomic E-state index is 0.0176. The Morgan fingerprint density at radius 1 is 1.14 bits per heavy atom. The van der Waals surface area contributed by atoms with Crippen molar-refractivity contribution in [3.05, 3.63) is 75.3 Å². The fourth-order valence-corrected chi connectivity index (χ4v) is 4.02. The van der Waals surface area contributed by atoms with Crippen LogP contribution in [0.2, 0.25) is 0 Å². The SMILES string of the molecule is CC(=O)c1sc(Nc2ccccc2)[n+](CCNc2ccccc2[N+](=O)[O-])c1C. The molecule has 7 nitrogen and oxygen atoms in total. The molecule has 0 bridgehead atoms. The fraction of sp³-hybridized carbons (Fsp3) is 0.200. The molecule has 0 aliphatic heterocycles. The number of hydrogen-bond donors (Lipinski definition) is 2. The summed E-state index contributed by atoms with van der Waals surface area (Å²) in [4.78, 5) is 23.4. The third-order valence-corrected chi connectivity index (χ3v) is 5.58. The van der Waals surface area contributed by atoms with Gasteiger partial charge in [0.2, 0.25) is 0 Å². The van der Waals surface area contributed by atoms with Crippen LogP contribution in [0, 0.1) is 17.0 Å². The molecule has 3 aromatic rings. The van der Waals surface area contributed by atoms with Crippen LogP contribution in [0.5, 0.6) is 0 Å². The van der Waals surface area contributed by atoms with Gasteiger partial charge < -0.3 is 5.32 Å². The molecular formula is C20H21N4O3S+. The third kappa shape index (κ3) is 4.34. The molecule has 0 saturated heterocycles. The highest BCUT2D eigenvalue weighted by atomic mass is 32.1. The van der Waals surface area contributed by atoms with Crippen LogP contribution in [0.3, 0.4) is 0 Å². The van der Waals surface area contributed by atoms with E-state index in [1.165, 1.54) is 17.4 Å². The van der Waals surface area contributed by atoms with Gasteiger partial charge in [-0.25, -0.2) is 9.88 Å². The van der Waals surface area contributed by atoms with Gasteiger partial charge in [0.15, 0.2) is 5.78 Å². The van der Waals surface area contributed by atoms with Crippen LogP contribution in [0.1, 0.15) is 22.3 Å². The molecule has 0 unspecified atom stereocenters. The van der Waals surface area contributed by atoms with E-state index in [9.17, 15) is 14.9 Å². The van der Waals surface area contributed by atoms with Crippen LogP contribution in [-0.2, 0) is 6.54 Å². The molecule has 2 aromatic carbocycles. The van der Waals surface area contributed by atoms with E-state index in [4.69, 9.17) is 0 Å². The first-order valence-electron chi connectivity index (χ1n) is 8.81. The van der Waals surface area contributed by atoms with Gasteiger partial charge in [0, 0.05) is 13.0 Å². The molecular weight excluding hydrogens is 376 g/mol. The van der Waals surface area contributed by atoms with Gasteiger partial charge in [-0.1, -0.05) is 30.3 Å². The van der Waals surface area contributed by atoms with Gasteiger partial charge >= 0.3 is 5.13 Å². The number of aromatic nitrogens is 1. The Morgan fingerprint density at radius 3 is 2.50 bits per heavy atom. The lowest BCUT2D eigenvalue weighted by molar-refractivity contribution is -0.681. The molecule has 0 spiro atoms. The Hall–Kier alpha value is -3.26. The number of rotatable bonds is 8. The summed E-state index contributed by atoms with van der Waals surface area (Å²) in [6.45, 7) is 4.50. The number of carbonyl (C=O) groups is 1. The lowest BCUT2D eigenvalue weighted by Crippen LogP contribution is -2.40. The van der Waals surface area contributed by atoms with Gasteiger partial charge in [0.1, 0.15) is 28.5 Å². The average molecular weight is 397 g/mol. The molecule has 28 heavy (non-hydrogen) atoms. The molecule has 0 saturated carbocycles. The van der Waals surface area contributed by atoms with Crippen LogP contribution in [0.4, 0.5) is 22.2 Å². The van der Waals surface area contributed by atoms with Gasteiger partial charge in [-0.3, -0.25) is 14.9 Å². The third-order valence-electron chi connectivity index (χ3n) is 4.27. The fourth-order valence-electron chi connectivity index (χ4n) is 2.92. The van der Waals surface area contributed by atoms with Crippen molar-refractivity contribution >= 4 is 39.3 Å². The number of nitro groups is 1. The van der Waals surface area contributed by atoms with Gasteiger partial charge in [0.05, 0.1) is 11.5 Å². The second-order valence-corrected chi connectivity index (χ2v) is 7.22. The van der Waals surface area contributed by atoms with E-state index in [1.54, 1.807) is 25.1 Å². The number of nitro benzene ring substituents is 1. The molecule has 0 amide bonds. The van der Waals surface area contributed by atoms with Crippen molar-refractivity contribution in [3.63, 3.8) is 0 Å². The Balaban J connectivity index is 1.81. The molecule has 3 rings (SSSR count). The van der Waals surface area contributed by atoms with E-state index < -0.39 is 4.92 Å². The summed E-state index contributed by atoms with van der Waals surface area (Å²) in [5.74, 6) is 0.0176. The molecule has 144 valence electrons. The summed E-state index contributed by atoms with van der Waals surface area (Å²) in [6, 6.07) is 16.3. The molecule has 0 fully saturated rings. The second kappa shape index (κ2) is 8.62. The highest BCUT2D eigenvalue weighted by Gasteiger charge is 2.23. The summed E-state index contributed by atoms with van der Waals surface area (Å²) < 4.78 is 2.02. The zero-order valence-corrected chi connectivity index (χ0v) is 16.5. The number of ketones is 1. The highest BCUT2D eigenvalue weighted by Crippen LogP contribution is 2.25. The zero-order chi connectivity index (χ0) is 20.1. The first kappa shape index (κ1) is 19.5. The largest absolute Gasteiger partial charge is 0.376 e. The molecule has 0 aliphatic carbocycles. The Labute approximate surface area is 166 Å². The summed E-state index contributed by atoms with van der Waals surface area (Å²) >= 11 is 1.41. The van der Waals surface area contributed by atoms with Crippen LogP contribution >= 0.6 is 11.3 Å². The van der Waals surface area contributed by atoms with E-state index in [2.05, 4.69) is 10.6 Å². The van der Waals surface area contributed by atoms with E-state index >= 15 is 0 Å². The number of nitrogens with one attached hydrogen (secondary N) is 2. The van der Waals surface area contributed by atoms with Crippen molar-refractivity contribution in [3.8, 4) is 0 Å². The Morgan fingerprint density at radius 2 is 1.82 bits per heavy atom. The standard InChI is InChI=1S/C20H20N4O3S/c1-14-19(15(2)25)28-20(22-16-8-4-3-5-9-16)23(14)13-12-21-17-10-6-7-11-18(17)24(26)27/h3-11,21H,12-13H2,1-2H3/p+1. The van der Waals surface area contributed by atoms with Crippen LogP contribution in [0.15, 0.2) is 54.6 Å². The van der Waals surface area contributed by atoms with Gasteiger partial charge in [-0.05, 0) is 36.5 Å². The van der Waals surface area contributed by atoms with Crippen molar-refractivity contribution < 1.29 is 14.3 Å². The number of carbonyl (C=O) groups excluding carboxylic acids is 1. The quantitative estimate of drug-likeness (QED) is 0.256. The van der Waals surface area contributed by atoms with Gasteiger partial charge in [-0.15, -0.1) is 0 Å². The maximum Gasteiger partial charge on any atom is 0.339 e. The predicted molar refractivity (Wildman–Crippen MR) is 111 cm³/mol. The Kier molecular flexibility index (Phi) is 6.00. The molecule has 1 aromatic heterocycles. The molecule has 8 heteroatoms. The number of benzene rings is 2. The second-order valence-electron chi connectivity index (χ2n) is 6.22. The first-order chi connectivity index (χ1) is 13.5. The summed E-state index contributed by atoms with van der Waals surface area (Å²) in [7, 11) is 0. The van der Waals surface area contributed by atoms with Crippen LogP contribution in [-0.4, -0.2) is 17.3 Å². The van der Waals surface area contributed by atoms with Crippen molar-refractivity contribution in [1.29, 1.82) is 0 Å². The number of thiazole rings is 1. The van der Waals surface area contributed by atoms with Crippen molar-refractivity contribution in [2.75, 3.05) is 17.2 Å². The number of nitrogens with zero attached hydrogens (tertiary/aromatic N) is 2. The van der Waals surface area contributed by atoms with Crippen molar-refractivity contribution in [2.45, 2.75) is 20.4 Å². The van der Waals surface area contributed by atoms with E-state index in [0.717, 1.165) is 16.5 Å². The highest BCUT2D eigenvalue weighted by molar-refractivity contribution is 7.17. The van der Waals surface area contributed by atoms with Crippen LogP contribution in [0.25, 0.3) is 0 Å². The maximum absolute atomic E-state index is 12.0. The lowest BCUT2D eigenvalue weighted by atomic mass is 10.2. The van der Waals surface area contributed by atoms with E-state index in [0.29, 0.717) is 23.7 Å². The average Bonchev–Trinajstić information content (AvgIpc) is 2.99. The lowest BCUT2D eigenvalue weighted by Gasteiger charge is -2.08. The summed E-state index contributed by atoms with van der Waals surface area (Å²) in [6.07, 6.45) is 0. The van der Waals surface area contributed by atoms with Gasteiger partial charge in [0.25, 0.3) is 5.69 Å². The first-order valence-corrected chi connectivity index (χ1v) is 9.62. The molecule has 1 heterocycles. The number of anilines is 3. The number of Topliss-reactive ketones (excluding diaryl/α,β-unsaturated/α-hetero) is 1. The maximum atomic E-state index is 12.0.